The standard InChI is InChI=1S/C11H8F2N4O2/c12-6-3-7(13)5-8(4-6)15-10-2-1-9(17(18)19)11(14)16-10/h1-5H,(H3,14,15,16). The van der Waals surface area contributed by atoms with E-state index in [-0.39, 0.29) is 23.0 Å². The van der Waals surface area contributed by atoms with Crippen molar-refractivity contribution >= 4 is 23.0 Å². The van der Waals surface area contributed by atoms with Gasteiger partial charge in [-0.05, 0) is 18.2 Å². The largest absolute Gasteiger partial charge is 0.378 e. The molecule has 98 valence electrons. The van der Waals surface area contributed by atoms with Crippen LogP contribution in [0.2, 0.25) is 0 Å². The van der Waals surface area contributed by atoms with E-state index < -0.39 is 16.6 Å². The highest BCUT2D eigenvalue weighted by molar-refractivity contribution is 5.62. The Bertz CT molecular complexity index is 628. The number of nitrogens with one attached hydrogen (secondary N) is 1. The van der Waals surface area contributed by atoms with Gasteiger partial charge in [-0.3, -0.25) is 10.1 Å². The maximum Gasteiger partial charge on any atom is 0.311 e. The zero-order chi connectivity index (χ0) is 14.0. The average molecular weight is 266 g/mol. The molecule has 0 bridgehead atoms. The summed E-state index contributed by atoms with van der Waals surface area (Å²) in [6, 6.07) is 5.28. The fourth-order valence-corrected chi connectivity index (χ4v) is 1.47. The predicted molar refractivity (Wildman–Crippen MR) is 64.9 cm³/mol. The molecule has 0 spiro atoms. The van der Waals surface area contributed by atoms with Gasteiger partial charge in [-0.15, -0.1) is 0 Å². The number of hydrogen-bond acceptors (Lipinski definition) is 5. The second kappa shape index (κ2) is 4.84. The van der Waals surface area contributed by atoms with Crippen LogP contribution in [-0.4, -0.2) is 9.91 Å². The summed E-state index contributed by atoms with van der Waals surface area (Å²) in [5.41, 5.74) is 5.18. The van der Waals surface area contributed by atoms with E-state index >= 15 is 0 Å². The summed E-state index contributed by atoms with van der Waals surface area (Å²) in [5, 5.41) is 13.1. The van der Waals surface area contributed by atoms with Crippen molar-refractivity contribution in [3.63, 3.8) is 0 Å². The molecule has 0 fully saturated rings. The Kier molecular flexibility index (Phi) is 3.23. The van der Waals surface area contributed by atoms with Gasteiger partial charge in [-0.2, -0.15) is 0 Å². The van der Waals surface area contributed by atoms with E-state index in [0.717, 1.165) is 24.3 Å². The summed E-state index contributed by atoms with van der Waals surface area (Å²) in [4.78, 5) is 13.6. The number of nitrogen functional groups attached to an aromatic ring is 1. The second-order valence-electron chi connectivity index (χ2n) is 3.64. The topological polar surface area (TPSA) is 94.1 Å². The number of pyridine rings is 1. The minimum atomic E-state index is -0.752. The molecule has 2 rings (SSSR count). The average Bonchev–Trinajstić information content (AvgIpc) is 2.26. The van der Waals surface area contributed by atoms with E-state index in [4.69, 9.17) is 5.73 Å². The molecule has 0 radical (unpaired) electrons. The summed E-state index contributed by atoms with van der Waals surface area (Å²) in [6.45, 7) is 0. The first-order chi connectivity index (χ1) is 8.95. The van der Waals surface area contributed by atoms with E-state index in [1.54, 1.807) is 0 Å². The Morgan fingerprint density at radius 2 is 1.84 bits per heavy atom. The van der Waals surface area contributed by atoms with Gasteiger partial charge in [-0.1, -0.05) is 0 Å². The first-order valence-corrected chi connectivity index (χ1v) is 5.10. The summed E-state index contributed by atoms with van der Waals surface area (Å²) in [6.07, 6.45) is 0. The molecule has 1 aromatic carbocycles. The molecule has 0 aliphatic rings. The highest BCUT2D eigenvalue weighted by Crippen LogP contribution is 2.23. The van der Waals surface area contributed by atoms with Gasteiger partial charge in [0.15, 0.2) is 0 Å². The van der Waals surface area contributed by atoms with Crippen LogP contribution in [0.15, 0.2) is 30.3 Å². The third-order valence-electron chi connectivity index (χ3n) is 2.23. The minimum absolute atomic E-state index is 0.123. The van der Waals surface area contributed by atoms with Crippen molar-refractivity contribution in [1.29, 1.82) is 0 Å². The number of nitrogens with zero attached hydrogens (tertiary/aromatic N) is 2. The van der Waals surface area contributed by atoms with Crippen molar-refractivity contribution in [1.82, 2.24) is 4.98 Å². The van der Waals surface area contributed by atoms with Gasteiger partial charge >= 0.3 is 5.69 Å². The van der Waals surface area contributed by atoms with E-state index in [2.05, 4.69) is 10.3 Å². The zero-order valence-corrected chi connectivity index (χ0v) is 9.43. The number of halogens is 2. The van der Waals surface area contributed by atoms with Crippen LogP contribution in [-0.2, 0) is 0 Å². The maximum atomic E-state index is 13.0. The van der Waals surface area contributed by atoms with Gasteiger partial charge in [0, 0.05) is 17.8 Å². The third-order valence-corrected chi connectivity index (χ3v) is 2.23. The molecule has 0 aliphatic carbocycles. The van der Waals surface area contributed by atoms with Crippen LogP contribution < -0.4 is 11.1 Å². The summed E-state index contributed by atoms with van der Waals surface area (Å²) >= 11 is 0. The lowest BCUT2D eigenvalue weighted by molar-refractivity contribution is -0.384. The van der Waals surface area contributed by atoms with Crippen molar-refractivity contribution in [3.8, 4) is 0 Å². The predicted octanol–water partition coefficient (Wildman–Crippen LogP) is 2.59. The number of nitro groups is 1. The van der Waals surface area contributed by atoms with Gasteiger partial charge in [0.1, 0.15) is 17.5 Å². The molecule has 0 unspecified atom stereocenters. The Labute approximate surface area is 106 Å². The molecule has 0 aliphatic heterocycles. The first-order valence-electron chi connectivity index (χ1n) is 5.10. The summed E-state index contributed by atoms with van der Waals surface area (Å²) in [7, 11) is 0. The highest BCUT2D eigenvalue weighted by atomic mass is 19.1. The Morgan fingerprint density at radius 3 is 2.37 bits per heavy atom. The highest BCUT2D eigenvalue weighted by Gasteiger charge is 2.13. The van der Waals surface area contributed by atoms with Crippen LogP contribution in [0, 0.1) is 21.7 Å². The molecule has 0 saturated carbocycles. The molecule has 0 saturated heterocycles. The van der Waals surface area contributed by atoms with Crippen LogP contribution in [0.4, 0.5) is 31.8 Å². The second-order valence-corrected chi connectivity index (χ2v) is 3.64. The Balaban J connectivity index is 2.28. The lowest BCUT2D eigenvalue weighted by Gasteiger charge is -2.06. The van der Waals surface area contributed by atoms with Crippen LogP contribution in [0.5, 0.6) is 0 Å². The molecule has 19 heavy (non-hydrogen) atoms. The van der Waals surface area contributed by atoms with Crippen molar-refractivity contribution < 1.29 is 13.7 Å². The first kappa shape index (κ1) is 12.7. The van der Waals surface area contributed by atoms with E-state index in [1.165, 1.54) is 6.07 Å². The molecular formula is C11H8F2N4O2. The number of anilines is 3. The Hall–Kier alpha value is -2.77. The fraction of sp³-hybridized carbons (Fsp3) is 0. The molecule has 2 aromatic rings. The Morgan fingerprint density at radius 1 is 1.21 bits per heavy atom. The number of hydrogen-bond donors (Lipinski definition) is 2. The molecule has 8 heteroatoms. The van der Waals surface area contributed by atoms with Crippen LogP contribution in [0.1, 0.15) is 0 Å². The molecular weight excluding hydrogens is 258 g/mol. The van der Waals surface area contributed by atoms with Gasteiger partial charge < -0.3 is 11.1 Å². The number of nitrogens with two attached hydrogens (primary N) is 1. The van der Waals surface area contributed by atoms with E-state index in [1.807, 2.05) is 0 Å². The van der Waals surface area contributed by atoms with Crippen molar-refractivity contribution in [2.75, 3.05) is 11.1 Å². The van der Waals surface area contributed by atoms with Gasteiger partial charge in [0.2, 0.25) is 5.82 Å². The number of rotatable bonds is 3. The van der Waals surface area contributed by atoms with Crippen LogP contribution in [0.25, 0.3) is 0 Å². The minimum Gasteiger partial charge on any atom is -0.378 e. The zero-order valence-electron chi connectivity index (χ0n) is 9.43. The van der Waals surface area contributed by atoms with Crippen LogP contribution >= 0.6 is 0 Å². The van der Waals surface area contributed by atoms with Crippen molar-refractivity contribution in [3.05, 3.63) is 52.1 Å². The van der Waals surface area contributed by atoms with Crippen LogP contribution in [0.3, 0.4) is 0 Å². The summed E-state index contributed by atoms with van der Waals surface area (Å²) in [5.74, 6) is -1.64. The fourth-order valence-electron chi connectivity index (χ4n) is 1.47. The number of aromatic nitrogens is 1. The maximum absolute atomic E-state index is 13.0. The molecule has 1 heterocycles. The lowest BCUT2D eigenvalue weighted by Crippen LogP contribution is -2.01. The lowest BCUT2D eigenvalue weighted by atomic mass is 10.3. The SMILES string of the molecule is Nc1nc(Nc2cc(F)cc(F)c2)ccc1[N+](=O)[O-]. The smallest absolute Gasteiger partial charge is 0.311 e. The molecule has 0 atom stereocenters. The van der Waals surface area contributed by atoms with Gasteiger partial charge in [-0.25, -0.2) is 13.8 Å². The van der Waals surface area contributed by atoms with E-state index in [9.17, 15) is 18.9 Å². The van der Waals surface area contributed by atoms with Crippen molar-refractivity contribution in [2.24, 2.45) is 0 Å². The molecule has 1 aromatic heterocycles. The third kappa shape index (κ3) is 2.92. The monoisotopic (exact) mass is 266 g/mol. The van der Waals surface area contributed by atoms with E-state index in [0.29, 0.717) is 0 Å². The normalized spacial score (nSPS) is 10.2. The molecule has 6 nitrogen and oxygen atoms in total. The van der Waals surface area contributed by atoms with Crippen molar-refractivity contribution in [2.45, 2.75) is 0 Å². The van der Waals surface area contributed by atoms with Gasteiger partial charge in [0.05, 0.1) is 4.92 Å². The molecule has 3 N–H and O–H groups in total. The quantitative estimate of drug-likeness (QED) is 0.657. The summed E-state index contributed by atoms with van der Waals surface area (Å²) < 4.78 is 25.9. The van der Waals surface area contributed by atoms with Gasteiger partial charge in [0.25, 0.3) is 0 Å². The number of benzene rings is 1. The molecule has 0 amide bonds.